The normalized spacial score (nSPS) is 10.2. The van der Waals surface area contributed by atoms with Crippen LogP contribution in [0.2, 0.25) is 0 Å². The van der Waals surface area contributed by atoms with Crippen LogP contribution in [0, 0.1) is 0 Å². The highest BCUT2D eigenvalue weighted by Gasteiger charge is 2.07. The van der Waals surface area contributed by atoms with E-state index >= 15 is 0 Å². The Hall–Kier alpha value is -1.71. The molecule has 88 valence electrons. The molecular formula is C12H17NO3. The fourth-order valence-electron chi connectivity index (χ4n) is 1.47. The van der Waals surface area contributed by atoms with Crippen molar-refractivity contribution < 1.29 is 14.6 Å². The first-order chi connectivity index (χ1) is 7.54. The van der Waals surface area contributed by atoms with E-state index in [0.29, 0.717) is 11.7 Å². The summed E-state index contributed by atoms with van der Waals surface area (Å²) >= 11 is 0. The minimum atomic E-state index is -1.03. The second kappa shape index (κ2) is 5.39. The van der Waals surface area contributed by atoms with Crippen molar-refractivity contribution in [1.29, 1.82) is 0 Å². The Morgan fingerprint density at radius 3 is 2.69 bits per heavy atom. The van der Waals surface area contributed by atoms with Crippen molar-refractivity contribution in [3.63, 3.8) is 0 Å². The highest BCUT2D eigenvalue weighted by atomic mass is 16.5. The van der Waals surface area contributed by atoms with Crippen molar-refractivity contribution >= 4 is 6.09 Å². The Kier molecular flexibility index (Phi) is 4.17. The molecule has 0 unspecified atom stereocenters. The van der Waals surface area contributed by atoms with Gasteiger partial charge in [0.2, 0.25) is 0 Å². The van der Waals surface area contributed by atoms with E-state index in [0.717, 1.165) is 5.56 Å². The summed E-state index contributed by atoms with van der Waals surface area (Å²) in [4.78, 5) is 10.4. The molecule has 0 saturated heterocycles. The lowest BCUT2D eigenvalue weighted by molar-refractivity contribution is 0.194. The van der Waals surface area contributed by atoms with Gasteiger partial charge in [-0.05, 0) is 17.5 Å². The second-order valence-corrected chi connectivity index (χ2v) is 3.88. The number of benzene rings is 1. The molecule has 2 N–H and O–H groups in total. The summed E-state index contributed by atoms with van der Waals surface area (Å²) in [5, 5.41) is 10.9. The predicted molar refractivity (Wildman–Crippen MR) is 61.9 cm³/mol. The SMILES string of the molecule is COc1ccc(C(C)C)cc1CNC(=O)O. The van der Waals surface area contributed by atoms with Crippen LogP contribution >= 0.6 is 0 Å². The lowest BCUT2D eigenvalue weighted by Gasteiger charge is -2.12. The van der Waals surface area contributed by atoms with Gasteiger partial charge in [0.25, 0.3) is 0 Å². The van der Waals surface area contributed by atoms with E-state index in [-0.39, 0.29) is 6.54 Å². The summed E-state index contributed by atoms with van der Waals surface area (Å²) in [6.45, 7) is 4.45. The van der Waals surface area contributed by atoms with Gasteiger partial charge in [-0.1, -0.05) is 26.0 Å². The number of hydrogen-bond donors (Lipinski definition) is 2. The zero-order chi connectivity index (χ0) is 12.1. The zero-order valence-electron chi connectivity index (χ0n) is 9.78. The number of amides is 1. The molecule has 0 saturated carbocycles. The third-order valence-corrected chi connectivity index (χ3v) is 2.40. The number of carboxylic acid groups (broad SMARTS) is 1. The zero-order valence-corrected chi connectivity index (χ0v) is 9.78. The lowest BCUT2D eigenvalue weighted by atomic mass is 10.0. The third kappa shape index (κ3) is 3.15. The van der Waals surface area contributed by atoms with Crippen LogP contribution in [0.15, 0.2) is 18.2 Å². The standard InChI is InChI=1S/C12H17NO3/c1-8(2)9-4-5-11(16-3)10(6-9)7-13-12(14)15/h4-6,8,13H,7H2,1-3H3,(H,14,15). The molecule has 0 radical (unpaired) electrons. The van der Waals surface area contributed by atoms with E-state index in [2.05, 4.69) is 19.2 Å². The second-order valence-electron chi connectivity index (χ2n) is 3.88. The van der Waals surface area contributed by atoms with Gasteiger partial charge in [-0.3, -0.25) is 0 Å². The van der Waals surface area contributed by atoms with E-state index in [9.17, 15) is 4.79 Å². The summed E-state index contributed by atoms with van der Waals surface area (Å²) in [5.74, 6) is 1.12. The van der Waals surface area contributed by atoms with E-state index in [1.54, 1.807) is 7.11 Å². The Morgan fingerprint density at radius 2 is 2.19 bits per heavy atom. The molecule has 16 heavy (non-hydrogen) atoms. The van der Waals surface area contributed by atoms with Crippen LogP contribution in [0.3, 0.4) is 0 Å². The molecular weight excluding hydrogens is 206 g/mol. The van der Waals surface area contributed by atoms with Gasteiger partial charge in [0, 0.05) is 12.1 Å². The molecule has 0 aliphatic carbocycles. The van der Waals surface area contributed by atoms with Crippen LogP contribution in [0.1, 0.15) is 30.9 Å². The fraction of sp³-hybridized carbons (Fsp3) is 0.417. The van der Waals surface area contributed by atoms with Crippen molar-refractivity contribution in [1.82, 2.24) is 5.32 Å². The molecule has 0 atom stereocenters. The molecule has 1 aromatic rings. The first kappa shape index (κ1) is 12.4. The minimum absolute atomic E-state index is 0.263. The average molecular weight is 223 g/mol. The molecule has 1 aromatic carbocycles. The van der Waals surface area contributed by atoms with Crippen molar-refractivity contribution in [2.24, 2.45) is 0 Å². The Labute approximate surface area is 95.2 Å². The number of methoxy groups -OCH3 is 1. The van der Waals surface area contributed by atoms with Gasteiger partial charge >= 0.3 is 6.09 Å². The maximum atomic E-state index is 10.4. The molecule has 0 heterocycles. The third-order valence-electron chi connectivity index (χ3n) is 2.40. The van der Waals surface area contributed by atoms with Gasteiger partial charge in [-0.15, -0.1) is 0 Å². The van der Waals surface area contributed by atoms with Crippen LogP contribution in [-0.4, -0.2) is 18.3 Å². The van der Waals surface area contributed by atoms with Gasteiger partial charge in [0.15, 0.2) is 0 Å². The molecule has 0 fully saturated rings. The van der Waals surface area contributed by atoms with Gasteiger partial charge in [-0.2, -0.15) is 0 Å². The number of carbonyl (C=O) groups is 1. The largest absolute Gasteiger partial charge is 0.496 e. The number of hydrogen-bond acceptors (Lipinski definition) is 2. The molecule has 0 aliphatic rings. The molecule has 0 bridgehead atoms. The minimum Gasteiger partial charge on any atom is -0.496 e. The number of nitrogens with one attached hydrogen (secondary N) is 1. The number of rotatable bonds is 4. The number of ether oxygens (including phenoxy) is 1. The maximum Gasteiger partial charge on any atom is 0.404 e. The Bertz CT molecular complexity index is 375. The van der Waals surface area contributed by atoms with Gasteiger partial charge in [0.05, 0.1) is 7.11 Å². The molecule has 0 aliphatic heterocycles. The van der Waals surface area contributed by atoms with Crippen molar-refractivity contribution in [2.75, 3.05) is 7.11 Å². The lowest BCUT2D eigenvalue weighted by Crippen LogP contribution is -2.20. The van der Waals surface area contributed by atoms with Crippen LogP contribution in [0.5, 0.6) is 5.75 Å². The Morgan fingerprint density at radius 1 is 1.50 bits per heavy atom. The van der Waals surface area contributed by atoms with Crippen LogP contribution in [0.4, 0.5) is 4.79 Å². The van der Waals surface area contributed by atoms with Gasteiger partial charge in [0.1, 0.15) is 5.75 Å². The van der Waals surface area contributed by atoms with E-state index in [1.165, 1.54) is 5.56 Å². The van der Waals surface area contributed by atoms with Crippen LogP contribution in [-0.2, 0) is 6.54 Å². The quantitative estimate of drug-likeness (QED) is 0.824. The van der Waals surface area contributed by atoms with Crippen LogP contribution in [0.25, 0.3) is 0 Å². The summed E-state index contributed by atoms with van der Waals surface area (Å²) in [7, 11) is 1.58. The topological polar surface area (TPSA) is 58.6 Å². The predicted octanol–water partition coefficient (Wildman–Crippen LogP) is 2.59. The Balaban J connectivity index is 2.92. The summed E-state index contributed by atoms with van der Waals surface area (Å²) in [5.41, 5.74) is 2.03. The van der Waals surface area contributed by atoms with Crippen LogP contribution < -0.4 is 10.1 Å². The molecule has 4 nitrogen and oxygen atoms in total. The highest BCUT2D eigenvalue weighted by Crippen LogP contribution is 2.23. The fourth-order valence-corrected chi connectivity index (χ4v) is 1.47. The van der Waals surface area contributed by atoms with Gasteiger partial charge < -0.3 is 15.2 Å². The van der Waals surface area contributed by atoms with E-state index in [4.69, 9.17) is 9.84 Å². The summed E-state index contributed by atoms with van der Waals surface area (Å²) in [6, 6.07) is 5.83. The van der Waals surface area contributed by atoms with Gasteiger partial charge in [-0.25, -0.2) is 4.79 Å². The average Bonchev–Trinajstić information content (AvgIpc) is 2.25. The first-order valence-corrected chi connectivity index (χ1v) is 5.18. The smallest absolute Gasteiger partial charge is 0.404 e. The van der Waals surface area contributed by atoms with Crippen molar-refractivity contribution in [2.45, 2.75) is 26.3 Å². The molecule has 1 amide bonds. The first-order valence-electron chi connectivity index (χ1n) is 5.18. The summed E-state index contributed by atoms with van der Waals surface area (Å²) < 4.78 is 5.18. The van der Waals surface area contributed by atoms with Crippen molar-refractivity contribution in [3.8, 4) is 5.75 Å². The molecule has 0 spiro atoms. The summed E-state index contributed by atoms with van der Waals surface area (Å²) in [6.07, 6.45) is -1.03. The maximum absolute atomic E-state index is 10.4. The van der Waals surface area contributed by atoms with E-state index in [1.807, 2.05) is 18.2 Å². The highest BCUT2D eigenvalue weighted by molar-refractivity contribution is 5.64. The molecule has 4 heteroatoms. The molecule has 1 rings (SSSR count). The monoisotopic (exact) mass is 223 g/mol. The van der Waals surface area contributed by atoms with Crippen molar-refractivity contribution in [3.05, 3.63) is 29.3 Å². The molecule has 0 aromatic heterocycles. The van der Waals surface area contributed by atoms with E-state index < -0.39 is 6.09 Å².